The Kier molecular flexibility index (Phi) is 8.41. The van der Waals surface area contributed by atoms with Gasteiger partial charge < -0.3 is 15.2 Å². The van der Waals surface area contributed by atoms with Crippen molar-refractivity contribution in [3.05, 3.63) is 81.8 Å². The smallest absolute Gasteiger partial charge is 0.296 e. The Balaban J connectivity index is 1.83. The Bertz CT molecular complexity index is 1720. The number of phenols is 1. The molecule has 39 heavy (non-hydrogen) atoms. The van der Waals surface area contributed by atoms with Gasteiger partial charge in [0.05, 0.1) is 17.2 Å². The van der Waals surface area contributed by atoms with Crippen LogP contribution in [0.15, 0.2) is 75.8 Å². The summed E-state index contributed by atoms with van der Waals surface area (Å²) in [5.74, 6) is -0.708. The summed E-state index contributed by atoms with van der Waals surface area (Å²) >= 11 is 12.5. The monoisotopic (exact) mass is 587 g/mol. The second-order valence-corrected chi connectivity index (χ2v) is 10.5. The summed E-state index contributed by atoms with van der Waals surface area (Å²) in [6.45, 7) is 4.03. The molecule has 4 aromatic rings. The van der Waals surface area contributed by atoms with Crippen LogP contribution in [-0.4, -0.2) is 30.6 Å². The second kappa shape index (κ2) is 11.6. The molecule has 3 N–H and O–H groups in total. The number of hydrogen-bond donors (Lipinski definition) is 3. The number of carbonyl (C=O) groups excluding carboxylic acids is 1. The number of carbonyl (C=O) groups is 1. The van der Waals surface area contributed by atoms with Crippen LogP contribution in [0.4, 0.5) is 17.1 Å². The van der Waals surface area contributed by atoms with Crippen LogP contribution in [0.5, 0.6) is 11.5 Å². The first kappa shape index (κ1) is 28.3. The zero-order valence-electron chi connectivity index (χ0n) is 20.8. The van der Waals surface area contributed by atoms with Crippen LogP contribution >= 0.6 is 23.2 Å². The lowest BCUT2D eigenvalue weighted by molar-refractivity contribution is 0.102. The van der Waals surface area contributed by atoms with Gasteiger partial charge in [0.15, 0.2) is 5.75 Å². The predicted molar refractivity (Wildman–Crippen MR) is 151 cm³/mol. The average molecular weight is 588 g/mol. The number of phenolic OH excluding ortho intramolecular Hbond substituents is 1. The molecule has 0 spiro atoms. The molecule has 0 radical (unpaired) electrons. The highest BCUT2D eigenvalue weighted by Gasteiger charge is 2.22. The van der Waals surface area contributed by atoms with Gasteiger partial charge in [0.25, 0.3) is 16.0 Å². The van der Waals surface area contributed by atoms with E-state index in [1.807, 2.05) is 13.8 Å². The molecule has 0 aliphatic rings. The molecule has 4 aromatic carbocycles. The standard InChI is InChI=1S/C27H23Cl2N3O6S/c1-3-15-9-10-22(39(35,36)37)25(23(15)29)32-31-24-20-8-6-5-7-16(20)11-21(26(24)33)27(34)30-18-12-17(28)13-19(14-18)38-4-2/h5-14,33H,3-4H2,1-2H3,(H,30,34)(H,35,36,37). The van der Waals surface area contributed by atoms with E-state index < -0.39 is 26.7 Å². The van der Waals surface area contributed by atoms with Gasteiger partial charge in [0.2, 0.25) is 0 Å². The van der Waals surface area contributed by atoms with Gasteiger partial charge in [-0.2, -0.15) is 8.42 Å². The maximum absolute atomic E-state index is 13.2. The third kappa shape index (κ3) is 6.15. The Morgan fingerprint density at radius 1 is 1.00 bits per heavy atom. The van der Waals surface area contributed by atoms with E-state index in [0.29, 0.717) is 45.8 Å². The van der Waals surface area contributed by atoms with Crippen molar-refractivity contribution in [2.45, 2.75) is 25.2 Å². The van der Waals surface area contributed by atoms with Crippen molar-refractivity contribution in [3.63, 3.8) is 0 Å². The van der Waals surface area contributed by atoms with Gasteiger partial charge in [0, 0.05) is 22.2 Å². The summed E-state index contributed by atoms with van der Waals surface area (Å²) in [5, 5.41) is 23.3. The first-order valence-corrected chi connectivity index (χ1v) is 13.9. The fourth-order valence-corrected chi connectivity index (χ4v) is 5.18. The number of halogens is 2. The summed E-state index contributed by atoms with van der Waals surface area (Å²) in [6.07, 6.45) is 0.464. The lowest BCUT2D eigenvalue weighted by atomic mass is 10.0. The first-order valence-electron chi connectivity index (χ1n) is 11.7. The molecule has 0 atom stereocenters. The lowest BCUT2D eigenvalue weighted by Crippen LogP contribution is -2.12. The number of benzene rings is 4. The van der Waals surface area contributed by atoms with Gasteiger partial charge in [-0.3, -0.25) is 9.35 Å². The summed E-state index contributed by atoms with van der Waals surface area (Å²) < 4.78 is 39.1. The minimum atomic E-state index is -4.69. The van der Waals surface area contributed by atoms with Crippen molar-refractivity contribution in [3.8, 4) is 11.5 Å². The number of nitrogens with one attached hydrogen (secondary N) is 1. The molecular weight excluding hydrogens is 565 g/mol. The molecule has 202 valence electrons. The van der Waals surface area contributed by atoms with Crippen LogP contribution in [0.1, 0.15) is 29.8 Å². The highest BCUT2D eigenvalue weighted by Crippen LogP contribution is 2.42. The van der Waals surface area contributed by atoms with Crippen molar-refractivity contribution >= 4 is 67.1 Å². The van der Waals surface area contributed by atoms with E-state index in [4.69, 9.17) is 27.9 Å². The van der Waals surface area contributed by atoms with Crippen molar-refractivity contribution in [2.24, 2.45) is 10.2 Å². The van der Waals surface area contributed by atoms with Crippen LogP contribution in [-0.2, 0) is 16.5 Å². The van der Waals surface area contributed by atoms with Gasteiger partial charge >= 0.3 is 0 Å². The van der Waals surface area contributed by atoms with Gasteiger partial charge in [-0.1, -0.05) is 60.5 Å². The van der Waals surface area contributed by atoms with Gasteiger partial charge in [-0.15, -0.1) is 10.2 Å². The van der Waals surface area contributed by atoms with E-state index in [-0.39, 0.29) is 22.0 Å². The molecule has 9 nitrogen and oxygen atoms in total. The molecule has 0 aliphatic carbocycles. The number of azo groups is 1. The first-order chi connectivity index (χ1) is 18.5. The van der Waals surface area contributed by atoms with Crippen LogP contribution < -0.4 is 10.1 Å². The number of aromatic hydroxyl groups is 1. The minimum Gasteiger partial charge on any atom is -0.505 e. The Labute approximate surface area is 234 Å². The summed E-state index contributed by atoms with van der Waals surface area (Å²) in [4.78, 5) is 12.7. The molecule has 1 amide bonds. The van der Waals surface area contributed by atoms with E-state index >= 15 is 0 Å². The molecule has 0 saturated carbocycles. The number of aryl methyl sites for hydroxylation is 1. The van der Waals surface area contributed by atoms with Crippen LogP contribution in [0, 0.1) is 0 Å². The molecule has 12 heteroatoms. The lowest BCUT2D eigenvalue weighted by Gasteiger charge is -2.13. The number of amides is 1. The predicted octanol–water partition coefficient (Wildman–Crippen LogP) is 7.73. The van der Waals surface area contributed by atoms with Gasteiger partial charge in [-0.05, 0) is 48.6 Å². The van der Waals surface area contributed by atoms with Gasteiger partial charge in [0.1, 0.15) is 22.0 Å². The maximum Gasteiger partial charge on any atom is 0.296 e. The summed E-state index contributed by atoms with van der Waals surface area (Å²) in [6, 6.07) is 15.7. The third-order valence-corrected chi connectivity index (χ3v) is 7.27. The third-order valence-electron chi connectivity index (χ3n) is 5.75. The number of anilines is 1. The topological polar surface area (TPSA) is 138 Å². The molecule has 0 bridgehead atoms. The number of nitrogens with zero attached hydrogens (tertiary/aromatic N) is 2. The van der Waals surface area contributed by atoms with E-state index in [1.54, 1.807) is 36.4 Å². The van der Waals surface area contributed by atoms with E-state index in [1.165, 1.54) is 24.3 Å². The largest absolute Gasteiger partial charge is 0.505 e. The Hall–Kier alpha value is -3.70. The average Bonchev–Trinajstić information content (AvgIpc) is 2.87. The number of hydrogen-bond acceptors (Lipinski definition) is 7. The van der Waals surface area contributed by atoms with Crippen LogP contribution in [0.25, 0.3) is 10.8 Å². The Morgan fingerprint density at radius 3 is 2.41 bits per heavy atom. The zero-order valence-corrected chi connectivity index (χ0v) is 23.1. The normalized spacial score (nSPS) is 11.7. The minimum absolute atomic E-state index is 0.0138. The maximum atomic E-state index is 13.2. The van der Waals surface area contributed by atoms with Crippen molar-refractivity contribution in [1.82, 2.24) is 0 Å². The second-order valence-electron chi connectivity index (χ2n) is 8.32. The fraction of sp³-hybridized carbons (Fsp3) is 0.148. The van der Waals surface area contributed by atoms with Crippen LogP contribution in [0.2, 0.25) is 10.0 Å². The molecule has 0 aromatic heterocycles. The molecule has 0 aliphatic heterocycles. The molecule has 4 rings (SSSR count). The van der Waals surface area contributed by atoms with E-state index in [9.17, 15) is 22.9 Å². The highest BCUT2D eigenvalue weighted by atomic mass is 35.5. The fourth-order valence-electron chi connectivity index (χ4n) is 3.94. The zero-order chi connectivity index (χ0) is 28.3. The number of ether oxygens (including phenoxy) is 1. The molecule has 0 saturated heterocycles. The molecular formula is C27H23Cl2N3O6S. The highest BCUT2D eigenvalue weighted by molar-refractivity contribution is 7.86. The van der Waals surface area contributed by atoms with Crippen molar-refractivity contribution in [2.75, 3.05) is 11.9 Å². The summed E-state index contributed by atoms with van der Waals surface area (Å²) in [7, 11) is -4.69. The Morgan fingerprint density at radius 2 is 1.72 bits per heavy atom. The van der Waals surface area contributed by atoms with Crippen molar-refractivity contribution < 1.29 is 27.6 Å². The SMILES string of the molecule is CCOc1cc(Cl)cc(NC(=O)c2cc3ccccc3c(N=Nc3c(S(=O)(=O)O)ccc(CC)c3Cl)c2O)c1. The van der Waals surface area contributed by atoms with Crippen LogP contribution in [0.3, 0.4) is 0 Å². The molecule has 0 unspecified atom stereocenters. The van der Waals surface area contributed by atoms with Gasteiger partial charge in [-0.25, -0.2) is 0 Å². The van der Waals surface area contributed by atoms with Crippen molar-refractivity contribution in [1.29, 1.82) is 0 Å². The van der Waals surface area contributed by atoms with E-state index in [0.717, 1.165) is 0 Å². The van der Waals surface area contributed by atoms with E-state index in [2.05, 4.69) is 15.5 Å². The quantitative estimate of drug-likeness (QED) is 0.142. The molecule has 0 heterocycles. The summed E-state index contributed by atoms with van der Waals surface area (Å²) in [5.41, 5.74) is 0.405. The number of rotatable bonds is 8. The number of fused-ring (bicyclic) bond motifs is 1. The molecule has 0 fully saturated rings.